The second kappa shape index (κ2) is 4.77. The monoisotopic (exact) mass is 264 g/mol. The van der Waals surface area contributed by atoms with Gasteiger partial charge in [0.2, 0.25) is 0 Å². The van der Waals surface area contributed by atoms with Crippen molar-refractivity contribution in [2.75, 3.05) is 0 Å². The molecule has 2 heterocycles. The predicted octanol–water partition coefficient (Wildman–Crippen LogP) is 1.50. The highest BCUT2D eigenvalue weighted by Gasteiger charge is 2.19. The minimum Gasteiger partial charge on any atom is -0.267 e. The van der Waals surface area contributed by atoms with Crippen LogP contribution in [0.25, 0.3) is 5.70 Å². The van der Waals surface area contributed by atoms with E-state index in [1.807, 2.05) is 0 Å². The molecule has 1 aromatic heterocycles. The third-order valence-corrected chi connectivity index (χ3v) is 2.74. The molecule has 2 aromatic rings. The average Bonchev–Trinajstić information content (AvgIpc) is 3.05. The van der Waals surface area contributed by atoms with Gasteiger partial charge in [-0.05, 0) is 24.3 Å². The van der Waals surface area contributed by atoms with Crippen LogP contribution in [0.2, 0.25) is 0 Å². The van der Waals surface area contributed by atoms with Crippen LogP contribution in [0, 0.1) is 11.6 Å². The molecule has 1 aliphatic heterocycles. The van der Waals surface area contributed by atoms with Crippen molar-refractivity contribution in [3.05, 3.63) is 53.9 Å². The van der Waals surface area contributed by atoms with Gasteiger partial charge in [-0.1, -0.05) is 5.21 Å². The summed E-state index contributed by atoms with van der Waals surface area (Å²) in [6.07, 6.45) is 4.83. The SMILES string of the molecule is Fc1ccc(C2=CC(Cn3ccnn3)ON2)cc1F. The summed E-state index contributed by atoms with van der Waals surface area (Å²) in [5, 5.41) is 7.51. The van der Waals surface area contributed by atoms with Gasteiger partial charge < -0.3 is 0 Å². The van der Waals surface area contributed by atoms with E-state index in [1.165, 1.54) is 6.07 Å². The first-order valence-electron chi connectivity index (χ1n) is 5.65. The van der Waals surface area contributed by atoms with Crippen molar-refractivity contribution >= 4 is 5.70 Å². The molecule has 0 bridgehead atoms. The van der Waals surface area contributed by atoms with Crippen LogP contribution >= 0.6 is 0 Å². The lowest BCUT2D eigenvalue weighted by Gasteiger charge is -2.06. The Labute approximate surface area is 107 Å². The van der Waals surface area contributed by atoms with E-state index in [0.717, 1.165) is 12.1 Å². The van der Waals surface area contributed by atoms with Gasteiger partial charge in [0.05, 0.1) is 18.4 Å². The fourth-order valence-electron chi connectivity index (χ4n) is 1.82. The molecule has 0 spiro atoms. The van der Waals surface area contributed by atoms with Crippen LogP contribution in [0.3, 0.4) is 0 Å². The molecule has 7 heteroatoms. The summed E-state index contributed by atoms with van der Waals surface area (Å²) in [6, 6.07) is 3.69. The molecule has 5 nitrogen and oxygen atoms in total. The molecule has 0 saturated carbocycles. The average molecular weight is 264 g/mol. The molecule has 3 rings (SSSR count). The summed E-state index contributed by atoms with van der Waals surface area (Å²) in [6.45, 7) is 0.486. The summed E-state index contributed by atoms with van der Waals surface area (Å²) in [5.41, 5.74) is 3.82. The minimum atomic E-state index is -0.889. The predicted molar refractivity (Wildman–Crippen MR) is 62.4 cm³/mol. The van der Waals surface area contributed by atoms with Gasteiger partial charge in [-0.15, -0.1) is 5.10 Å². The molecule has 98 valence electrons. The Morgan fingerprint density at radius 3 is 2.95 bits per heavy atom. The smallest absolute Gasteiger partial charge is 0.159 e. The van der Waals surface area contributed by atoms with E-state index in [0.29, 0.717) is 17.8 Å². The molecule has 1 aromatic carbocycles. The summed E-state index contributed by atoms with van der Waals surface area (Å²) < 4.78 is 27.6. The van der Waals surface area contributed by atoms with Gasteiger partial charge in [0.1, 0.15) is 6.10 Å². The lowest BCUT2D eigenvalue weighted by Crippen LogP contribution is -2.18. The van der Waals surface area contributed by atoms with E-state index in [1.54, 1.807) is 23.2 Å². The number of nitrogens with one attached hydrogen (secondary N) is 1. The Kier molecular flexibility index (Phi) is 2.96. The lowest BCUT2D eigenvalue weighted by molar-refractivity contribution is 0.0395. The second-order valence-corrected chi connectivity index (χ2v) is 4.09. The first kappa shape index (κ1) is 11.8. The number of nitrogens with zero attached hydrogens (tertiary/aromatic N) is 3. The maximum atomic E-state index is 13.1. The highest BCUT2D eigenvalue weighted by molar-refractivity contribution is 5.64. The first-order valence-corrected chi connectivity index (χ1v) is 5.65. The fraction of sp³-hybridized carbons (Fsp3) is 0.167. The molecular formula is C12H10F2N4O. The van der Waals surface area contributed by atoms with Gasteiger partial charge in [0, 0.05) is 11.8 Å². The fourth-order valence-corrected chi connectivity index (χ4v) is 1.82. The molecule has 1 atom stereocenters. The molecule has 1 aliphatic rings. The molecule has 0 fully saturated rings. The van der Waals surface area contributed by atoms with Crippen molar-refractivity contribution in [1.29, 1.82) is 0 Å². The third kappa shape index (κ3) is 2.45. The van der Waals surface area contributed by atoms with Crippen LogP contribution in [0.15, 0.2) is 36.7 Å². The Bertz CT molecular complexity index is 612. The number of benzene rings is 1. The summed E-state index contributed by atoms with van der Waals surface area (Å²) in [5.74, 6) is -1.76. The zero-order valence-corrected chi connectivity index (χ0v) is 9.75. The Hall–Kier alpha value is -2.28. The van der Waals surface area contributed by atoms with E-state index >= 15 is 0 Å². The topological polar surface area (TPSA) is 52.0 Å². The Morgan fingerprint density at radius 2 is 2.21 bits per heavy atom. The molecular weight excluding hydrogens is 254 g/mol. The lowest BCUT2D eigenvalue weighted by atomic mass is 10.1. The van der Waals surface area contributed by atoms with Crippen LogP contribution in [-0.2, 0) is 11.4 Å². The molecule has 0 aliphatic carbocycles. The van der Waals surface area contributed by atoms with E-state index < -0.39 is 11.6 Å². The summed E-state index contributed by atoms with van der Waals surface area (Å²) in [4.78, 5) is 5.32. The Balaban J connectivity index is 1.77. The molecule has 0 saturated heterocycles. The van der Waals surface area contributed by atoms with Crippen LogP contribution in [-0.4, -0.2) is 21.1 Å². The summed E-state index contributed by atoms with van der Waals surface area (Å²) in [7, 11) is 0. The number of halogens is 2. The van der Waals surface area contributed by atoms with Crippen LogP contribution in [0.5, 0.6) is 0 Å². The van der Waals surface area contributed by atoms with Gasteiger partial charge in [-0.3, -0.25) is 10.3 Å². The second-order valence-electron chi connectivity index (χ2n) is 4.09. The molecule has 0 radical (unpaired) electrons. The van der Waals surface area contributed by atoms with Crippen LogP contribution in [0.1, 0.15) is 5.56 Å². The maximum absolute atomic E-state index is 13.1. The normalized spacial score (nSPS) is 18.2. The largest absolute Gasteiger partial charge is 0.267 e. The quantitative estimate of drug-likeness (QED) is 0.912. The molecule has 19 heavy (non-hydrogen) atoms. The zero-order chi connectivity index (χ0) is 13.2. The van der Waals surface area contributed by atoms with Crippen molar-refractivity contribution in [2.45, 2.75) is 12.6 Å². The van der Waals surface area contributed by atoms with E-state index in [-0.39, 0.29) is 6.10 Å². The van der Waals surface area contributed by atoms with Crippen LogP contribution in [0.4, 0.5) is 8.78 Å². The van der Waals surface area contributed by atoms with Gasteiger partial charge in [-0.25, -0.2) is 13.5 Å². The van der Waals surface area contributed by atoms with Crippen molar-refractivity contribution in [3.63, 3.8) is 0 Å². The van der Waals surface area contributed by atoms with Crippen molar-refractivity contribution in [2.24, 2.45) is 0 Å². The Morgan fingerprint density at radius 1 is 1.32 bits per heavy atom. The van der Waals surface area contributed by atoms with Crippen molar-refractivity contribution in [3.8, 4) is 0 Å². The number of rotatable bonds is 3. The number of hydroxylamine groups is 1. The van der Waals surface area contributed by atoms with Crippen molar-refractivity contribution in [1.82, 2.24) is 20.5 Å². The minimum absolute atomic E-state index is 0.246. The highest BCUT2D eigenvalue weighted by Crippen LogP contribution is 2.20. The molecule has 1 N–H and O–H groups in total. The number of aromatic nitrogens is 3. The van der Waals surface area contributed by atoms with Gasteiger partial charge in [-0.2, -0.15) is 0 Å². The van der Waals surface area contributed by atoms with E-state index in [9.17, 15) is 8.78 Å². The van der Waals surface area contributed by atoms with Crippen LogP contribution < -0.4 is 5.48 Å². The van der Waals surface area contributed by atoms with Gasteiger partial charge >= 0.3 is 0 Å². The standard InChI is InChI=1S/C12H10F2N4O/c13-10-2-1-8(5-11(10)14)12-6-9(19-16-12)7-18-4-3-15-17-18/h1-6,9,16H,7H2. The van der Waals surface area contributed by atoms with E-state index in [2.05, 4.69) is 15.8 Å². The van der Waals surface area contributed by atoms with Gasteiger partial charge in [0.15, 0.2) is 11.6 Å². The molecule has 1 unspecified atom stereocenters. The van der Waals surface area contributed by atoms with E-state index in [4.69, 9.17) is 4.84 Å². The van der Waals surface area contributed by atoms with Crippen molar-refractivity contribution < 1.29 is 13.6 Å². The first-order chi connectivity index (χ1) is 9.22. The maximum Gasteiger partial charge on any atom is 0.159 e. The highest BCUT2D eigenvalue weighted by atomic mass is 19.2. The molecule has 0 amide bonds. The summed E-state index contributed by atoms with van der Waals surface area (Å²) >= 11 is 0. The number of hydrogen-bond donors (Lipinski definition) is 1. The number of hydrogen-bond acceptors (Lipinski definition) is 4. The zero-order valence-electron chi connectivity index (χ0n) is 9.75. The van der Waals surface area contributed by atoms with Gasteiger partial charge in [0.25, 0.3) is 0 Å². The third-order valence-electron chi connectivity index (χ3n) is 2.74.